The van der Waals surface area contributed by atoms with Gasteiger partial charge in [0.15, 0.2) is 0 Å². The number of ether oxygens (including phenoxy) is 2. The third kappa shape index (κ3) is 3.52. The Hall–Kier alpha value is -0.310. The van der Waals surface area contributed by atoms with E-state index in [-0.39, 0.29) is 5.24 Å². The molecule has 0 aliphatic heterocycles. The molecule has 0 aliphatic carbocycles. The summed E-state index contributed by atoms with van der Waals surface area (Å²) in [5.74, 6) is 0. The average molecular weight is 120 g/mol. The van der Waals surface area contributed by atoms with E-state index >= 15 is 0 Å². The van der Waals surface area contributed by atoms with Crippen LogP contribution in [0.3, 0.4) is 0 Å². The van der Waals surface area contributed by atoms with Crippen molar-refractivity contribution in [1.29, 1.82) is 0 Å². The molecule has 2 nitrogen and oxygen atoms in total. The van der Waals surface area contributed by atoms with Crippen LogP contribution in [0, 0.1) is 0 Å². The lowest BCUT2D eigenvalue weighted by Crippen LogP contribution is -2.01. The van der Waals surface area contributed by atoms with Crippen LogP contribution < -0.4 is 0 Å². The summed E-state index contributed by atoms with van der Waals surface area (Å²) in [6, 6.07) is 0. The minimum atomic E-state index is 0.211. The molecule has 0 rings (SSSR count). The van der Waals surface area contributed by atoms with Crippen LogP contribution in [0.15, 0.2) is 0 Å². The summed E-state index contributed by atoms with van der Waals surface area (Å²) >= 11 is 4.51. The summed E-state index contributed by atoms with van der Waals surface area (Å²) in [7, 11) is 1.48. The van der Waals surface area contributed by atoms with Crippen molar-refractivity contribution in [3.05, 3.63) is 0 Å². The van der Waals surface area contributed by atoms with Gasteiger partial charge in [0.25, 0.3) is 0 Å². The molecule has 0 atom stereocenters. The lowest BCUT2D eigenvalue weighted by molar-refractivity contribution is 0.222. The highest BCUT2D eigenvalue weighted by Crippen LogP contribution is 1.79. The Balaban J connectivity index is 3.00. The first-order valence-corrected chi connectivity index (χ1v) is 2.42. The molecule has 7 heavy (non-hydrogen) atoms. The highest BCUT2D eigenvalue weighted by molar-refractivity contribution is 7.79. The fraction of sp³-hybridized carbons (Fsp3) is 0.750. The third-order valence-corrected chi connectivity index (χ3v) is 0.713. The first-order chi connectivity index (χ1) is 3.31. The normalized spacial score (nSPS) is 7.71. The topological polar surface area (TPSA) is 18.5 Å². The van der Waals surface area contributed by atoms with Gasteiger partial charge in [0.2, 0.25) is 0 Å². The molecule has 0 saturated carbocycles. The number of rotatable bonds is 1. The Labute approximate surface area is 48.4 Å². The molecule has 0 fully saturated rings. The van der Waals surface area contributed by atoms with Gasteiger partial charge in [0.1, 0.15) is 0 Å². The van der Waals surface area contributed by atoms with E-state index in [2.05, 4.69) is 17.0 Å². The Kier molecular flexibility index (Phi) is 3.69. The van der Waals surface area contributed by atoms with Crippen LogP contribution in [0.1, 0.15) is 6.92 Å². The predicted molar refractivity (Wildman–Crippen MR) is 31.2 cm³/mol. The summed E-state index contributed by atoms with van der Waals surface area (Å²) in [5, 5.41) is 0.211. The van der Waals surface area contributed by atoms with Gasteiger partial charge in [-0.25, -0.2) is 0 Å². The van der Waals surface area contributed by atoms with Gasteiger partial charge in [-0.15, -0.1) is 0 Å². The minimum absolute atomic E-state index is 0.211. The zero-order valence-electron chi connectivity index (χ0n) is 4.43. The van der Waals surface area contributed by atoms with Gasteiger partial charge >= 0.3 is 5.24 Å². The van der Waals surface area contributed by atoms with Crippen LogP contribution in [-0.4, -0.2) is 19.0 Å². The zero-order valence-corrected chi connectivity index (χ0v) is 5.25. The fourth-order valence-corrected chi connectivity index (χ4v) is 0.295. The van der Waals surface area contributed by atoms with Crippen molar-refractivity contribution in [1.82, 2.24) is 0 Å². The van der Waals surface area contributed by atoms with E-state index in [0.29, 0.717) is 6.61 Å². The van der Waals surface area contributed by atoms with E-state index in [4.69, 9.17) is 4.74 Å². The fourth-order valence-electron chi connectivity index (χ4n) is 0.177. The molecule has 0 aromatic rings. The second-order valence-corrected chi connectivity index (χ2v) is 1.22. The molecular formula is C4H8O2S. The molecule has 0 aliphatic rings. The van der Waals surface area contributed by atoms with Crippen molar-refractivity contribution in [3.63, 3.8) is 0 Å². The Morgan fingerprint density at radius 1 is 1.71 bits per heavy atom. The average Bonchev–Trinajstić information content (AvgIpc) is 1.68. The van der Waals surface area contributed by atoms with Gasteiger partial charge < -0.3 is 9.47 Å². The molecule has 0 aromatic carbocycles. The SMILES string of the molecule is CCOC(=S)OC. The molecule has 3 heteroatoms. The molecule has 0 spiro atoms. The van der Waals surface area contributed by atoms with E-state index in [1.165, 1.54) is 7.11 Å². The Bertz CT molecular complexity index is 62.7. The zero-order chi connectivity index (χ0) is 5.70. The molecule has 42 valence electrons. The van der Waals surface area contributed by atoms with E-state index < -0.39 is 0 Å². The molecule has 0 unspecified atom stereocenters. The van der Waals surface area contributed by atoms with Crippen molar-refractivity contribution < 1.29 is 9.47 Å². The summed E-state index contributed by atoms with van der Waals surface area (Å²) < 4.78 is 9.20. The lowest BCUT2D eigenvalue weighted by Gasteiger charge is -1.98. The van der Waals surface area contributed by atoms with Crippen molar-refractivity contribution in [2.24, 2.45) is 0 Å². The van der Waals surface area contributed by atoms with Crippen LogP contribution in [0.2, 0.25) is 0 Å². The third-order valence-electron chi connectivity index (χ3n) is 0.429. The first-order valence-electron chi connectivity index (χ1n) is 2.02. The van der Waals surface area contributed by atoms with Crippen LogP contribution in [0.4, 0.5) is 0 Å². The Morgan fingerprint density at radius 3 is 2.43 bits per heavy atom. The van der Waals surface area contributed by atoms with Gasteiger partial charge in [0, 0.05) is 12.2 Å². The standard InChI is InChI=1S/C4H8O2S/c1-3-6-4(7)5-2/h3H2,1-2H3. The van der Waals surface area contributed by atoms with E-state index in [9.17, 15) is 0 Å². The second-order valence-electron chi connectivity index (χ2n) is 0.887. The molecule has 0 amide bonds. The highest BCUT2D eigenvalue weighted by Gasteiger charge is 1.86. The van der Waals surface area contributed by atoms with Crippen molar-refractivity contribution >= 4 is 17.5 Å². The summed E-state index contributed by atoms with van der Waals surface area (Å²) in [4.78, 5) is 0. The van der Waals surface area contributed by atoms with Gasteiger partial charge in [-0.05, 0) is 6.92 Å². The monoisotopic (exact) mass is 120 g/mol. The molecule has 0 bridgehead atoms. The van der Waals surface area contributed by atoms with Crippen LogP contribution in [0.25, 0.3) is 0 Å². The highest BCUT2D eigenvalue weighted by atomic mass is 32.1. The van der Waals surface area contributed by atoms with E-state index in [1.807, 2.05) is 6.92 Å². The molecule has 0 heterocycles. The summed E-state index contributed by atoms with van der Waals surface area (Å²) in [5.41, 5.74) is 0. The lowest BCUT2D eigenvalue weighted by atomic mass is 10.9. The minimum Gasteiger partial charge on any atom is -0.460 e. The maximum absolute atomic E-state index is 4.70. The van der Waals surface area contributed by atoms with Gasteiger partial charge in [-0.2, -0.15) is 0 Å². The van der Waals surface area contributed by atoms with Gasteiger partial charge in [-0.1, -0.05) is 0 Å². The predicted octanol–water partition coefficient (Wildman–Crippen LogP) is 0.954. The maximum Gasteiger partial charge on any atom is 0.351 e. The smallest absolute Gasteiger partial charge is 0.351 e. The molecular weight excluding hydrogens is 112 g/mol. The van der Waals surface area contributed by atoms with Crippen LogP contribution in [-0.2, 0) is 9.47 Å². The quantitative estimate of drug-likeness (QED) is 0.480. The summed E-state index contributed by atoms with van der Waals surface area (Å²) in [6.07, 6.45) is 0. The first kappa shape index (κ1) is 6.69. The van der Waals surface area contributed by atoms with Crippen molar-refractivity contribution in [2.45, 2.75) is 6.92 Å². The van der Waals surface area contributed by atoms with E-state index in [1.54, 1.807) is 0 Å². The number of hydrogen-bond acceptors (Lipinski definition) is 3. The van der Waals surface area contributed by atoms with Gasteiger partial charge in [0.05, 0.1) is 13.7 Å². The largest absolute Gasteiger partial charge is 0.460 e. The van der Waals surface area contributed by atoms with E-state index in [0.717, 1.165) is 0 Å². The van der Waals surface area contributed by atoms with Crippen LogP contribution >= 0.6 is 12.2 Å². The molecule has 0 aromatic heterocycles. The van der Waals surface area contributed by atoms with Crippen molar-refractivity contribution in [2.75, 3.05) is 13.7 Å². The molecule has 0 saturated heterocycles. The number of thiocarbonyl (C=S) groups is 1. The summed E-state index contributed by atoms with van der Waals surface area (Å²) in [6.45, 7) is 2.43. The number of hydrogen-bond donors (Lipinski definition) is 0. The van der Waals surface area contributed by atoms with Crippen molar-refractivity contribution in [3.8, 4) is 0 Å². The van der Waals surface area contributed by atoms with Crippen LogP contribution in [0.5, 0.6) is 0 Å². The Morgan fingerprint density at radius 2 is 2.29 bits per heavy atom. The number of methoxy groups -OCH3 is 1. The second kappa shape index (κ2) is 3.87. The van der Waals surface area contributed by atoms with Gasteiger partial charge in [-0.3, -0.25) is 0 Å². The maximum atomic E-state index is 4.70. The molecule has 0 radical (unpaired) electrons. The molecule has 0 N–H and O–H groups in total.